The first-order chi connectivity index (χ1) is 25.3. The van der Waals surface area contributed by atoms with Crippen molar-refractivity contribution < 1.29 is 28.0 Å². The van der Waals surface area contributed by atoms with Gasteiger partial charge in [0.2, 0.25) is 5.88 Å². The summed E-state index contributed by atoms with van der Waals surface area (Å²) in [5.41, 5.74) is 3.99. The molecule has 1 unspecified atom stereocenters. The van der Waals surface area contributed by atoms with Crippen LogP contribution in [0, 0.1) is 17.8 Å². The zero-order valence-corrected chi connectivity index (χ0v) is 32.6. The summed E-state index contributed by atoms with van der Waals surface area (Å²) in [6.45, 7) is 6.05. The highest BCUT2D eigenvalue weighted by atomic mass is 35.5. The average molecular weight is 762 g/mol. The van der Waals surface area contributed by atoms with Gasteiger partial charge in [0.1, 0.15) is 16.9 Å². The molecule has 7 rings (SSSR count). The maximum absolute atomic E-state index is 14.6. The molecule has 2 aliphatic heterocycles. The minimum Gasteiger partial charge on any atom is -0.490 e. The molecule has 1 fully saturated rings. The van der Waals surface area contributed by atoms with Crippen molar-refractivity contribution >= 4 is 44.4 Å². The number of hydrogen-bond donors (Lipinski definition) is 0. The molecule has 3 aromatic rings. The zero-order chi connectivity index (χ0) is 37.5. The van der Waals surface area contributed by atoms with Crippen LogP contribution in [0.5, 0.6) is 11.6 Å². The van der Waals surface area contributed by atoms with Gasteiger partial charge in [-0.05, 0) is 105 Å². The third-order valence-electron chi connectivity index (χ3n) is 11.6. The predicted molar refractivity (Wildman–Crippen MR) is 207 cm³/mol. The van der Waals surface area contributed by atoms with Crippen LogP contribution in [0.3, 0.4) is 0 Å². The number of ether oxygens (including phenoxy) is 3. The number of fused-ring (bicyclic) bond motifs is 4. The van der Waals surface area contributed by atoms with E-state index in [1.165, 1.54) is 29.1 Å². The van der Waals surface area contributed by atoms with Crippen LogP contribution in [0.25, 0.3) is 0 Å². The zero-order valence-electron chi connectivity index (χ0n) is 31.0. The average Bonchev–Trinajstić information content (AvgIpc) is 3.43. The van der Waals surface area contributed by atoms with Crippen molar-refractivity contribution in [3.63, 3.8) is 0 Å². The van der Waals surface area contributed by atoms with E-state index >= 15 is 0 Å². The topological polar surface area (TPSA) is 125 Å². The van der Waals surface area contributed by atoms with E-state index in [9.17, 15) is 13.8 Å². The van der Waals surface area contributed by atoms with Gasteiger partial charge in [-0.25, -0.2) is 9.20 Å². The third-order valence-corrected chi connectivity index (χ3v) is 13.8. The molecule has 2 amide bonds. The van der Waals surface area contributed by atoms with Crippen molar-refractivity contribution in [3.05, 3.63) is 82.0 Å². The van der Waals surface area contributed by atoms with E-state index in [1.54, 1.807) is 20.2 Å². The molecule has 2 bridgehead atoms. The van der Waals surface area contributed by atoms with Gasteiger partial charge < -0.3 is 19.1 Å². The highest BCUT2D eigenvalue weighted by Crippen LogP contribution is 2.49. The number of allylic oxidation sites excluding steroid dienone is 1. The van der Waals surface area contributed by atoms with E-state index in [0.29, 0.717) is 31.2 Å². The number of aliphatic imine (C=N–C) groups is 1. The van der Waals surface area contributed by atoms with Crippen molar-refractivity contribution in [2.75, 3.05) is 44.6 Å². The Hall–Kier alpha value is -4.00. The number of aromatic nitrogens is 2. The number of benzene rings is 2. The highest BCUT2D eigenvalue weighted by Gasteiger charge is 2.47. The molecule has 2 aliphatic carbocycles. The van der Waals surface area contributed by atoms with Crippen molar-refractivity contribution in [1.29, 1.82) is 0 Å². The van der Waals surface area contributed by atoms with E-state index in [1.807, 2.05) is 25.1 Å². The Labute approximate surface area is 316 Å². The lowest BCUT2D eigenvalue weighted by Crippen LogP contribution is -2.52. The van der Waals surface area contributed by atoms with Crippen molar-refractivity contribution in [1.82, 2.24) is 9.78 Å². The van der Waals surface area contributed by atoms with Crippen LogP contribution in [0.2, 0.25) is 5.02 Å². The third kappa shape index (κ3) is 7.42. The largest absolute Gasteiger partial charge is 0.490 e. The summed E-state index contributed by atoms with van der Waals surface area (Å²) in [5.74, 6) is -0.0517. The Morgan fingerprint density at radius 3 is 2.77 bits per heavy atom. The fourth-order valence-electron chi connectivity index (χ4n) is 8.69. The lowest BCUT2D eigenvalue weighted by atomic mass is 9.64. The van der Waals surface area contributed by atoms with Gasteiger partial charge in [-0.2, -0.15) is 4.36 Å². The van der Waals surface area contributed by atoms with Crippen LogP contribution in [-0.4, -0.2) is 76.6 Å². The van der Waals surface area contributed by atoms with Crippen LogP contribution in [0.15, 0.2) is 64.1 Å². The predicted octanol–water partition coefficient (Wildman–Crippen LogP) is 7.06. The summed E-state index contributed by atoms with van der Waals surface area (Å²) in [4.78, 5) is 33.6. The minimum atomic E-state index is -3.45. The summed E-state index contributed by atoms with van der Waals surface area (Å²) >= 11 is 6.47. The van der Waals surface area contributed by atoms with Gasteiger partial charge in [0, 0.05) is 55.2 Å². The molecule has 0 radical (unpaired) electrons. The summed E-state index contributed by atoms with van der Waals surface area (Å²) in [7, 11) is 1.38. The van der Waals surface area contributed by atoms with Crippen LogP contribution in [0.4, 0.5) is 5.69 Å². The molecule has 0 N–H and O–H groups in total. The SMILES string of the molecule is COc1nn(C)cc1C(=O)N=CS1(=O)=NC(=O)c2ccc3c(c2)N(C[C@@H]2CC[C@H]2[C@@](C)(OC)/C=C/C[C@H](C)C1)C[C@@]1(CCCc2cc(Cl)ccc21)CO3. The quantitative estimate of drug-likeness (QED) is 0.157. The number of carbonyl (C=O) groups excluding carboxylic acids is 2. The van der Waals surface area contributed by atoms with Crippen molar-refractivity contribution in [3.8, 4) is 11.6 Å². The summed E-state index contributed by atoms with van der Waals surface area (Å²) < 4.78 is 38.5. The number of anilines is 1. The van der Waals surface area contributed by atoms with E-state index in [-0.39, 0.29) is 40.0 Å². The number of halogens is 1. The Morgan fingerprint density at radius 2 is 2.02 bits per heavy atom. The van der Waals surface area contributed by atoms with Gasteiger partial charge in [-0.1, -0.05) is 36.7 Å². The molecular weight excluding hydrogens is 714 g/mol. The fraction of sp³-hybridized carbons (Fsp3) is 0.500. The Morgan fingerprint density at radius 1 is 1.19 bits per heavy atom. The highest BCUT2D eigenvalue weighted by molar-refractivity contribution is 8.06. The number of hydrogen-bond acceptors (Lipinski definition) is 8. The Bertz CT molecular complexity index is 2110. The van der Waals surface area contributed by atoms with Gasteiger partial charge >= 0.3 is 0 Å². The molecular formula is C40H48ClN5O6S. The fourth-order valence-corrected chi connectivity index (χ4v) is 10.7. The first kappa shape index (κ1) is 37.3. The number of methoxy groups -OCH3 is 2. The van der Waals surface area contributed by atoms with Gasteiger partial charge in [0.25, 0.3) is 11.8 Å². The van der Waals surface area contributed by atoms with Gasteiger partial charge in [0.15, 0.2) is 0 Å². The van der Waals surface area contributed by atoms with Gasteiger partial charge in [0.05, 0.1) is 34.7 Å². The Kier molecular flexibility index (Phi) is 10.3. The van der Waals surface area contributed by atoms with Gasteiger partial charge in [-0.3, -0.25) is 14.3 Å². The first-order valence-corrected chi connectivity index (χ1v) is 20.5. The molecule has 11 nitrogen and oxygen atoms in total. The second-order valence-corrected chi connectivity index (χ2v) is 17.9. The molecule has 53 heavy (non-hydrogen) atoms. The molecule has 13 heteroatoms. The molecule has 0 saturated heterocycles. The molecule has 1 saturated carbocycles. The van der Waals surface area contributed by atoms with Crippen LogP contribution < -0.4 is 14.4 Å². The number of rotatable bonds is 4. The van der Waals surface area contributed by atoms with E-state index in [4.69, 9.17) is 25.8 Å². The van der Waals surface area contributed by atoms with E-state index in [0.717, 1.165) is 54.9 Å². The van der Waals surface area contributed by atoms with E-state index < -0.39 is 27.1 Å². The maximum Gasteiger partial charge on any atom is 0.285 e. The smallest absolute Gasteiger partial charge is 0.285 e. The van der Waals surface area contributed by atoms with Gasteiger partial charge in [-0.15, -0.1) is 5.10 Å². The first-order valence-electron chi connectivity index (χ1n) is 18.3. The van der Waals surface area contributed by atoms with Crippen molar-refractivity contribution in [2.24, 2.45) is 34.2 Å². The molecule has 1 aromatic heterocycles. The van der Waals surface area contributed by atoms with Crippen LogP contribution in [-0.2, 0) is 33.3 Å². The molecule has 1 spiro atoms. The molecule has 6 atom stereocenters. The minimum absolute atomic E-state index is 0.0197. The van der Waals surface area contributed by atoms with E-state index in [2.05, 4.69) is 50.6 Å². The lowest BCUT2D eigenvalue weighted by Gasteiger charge is -2.49. The second kappa shape index (κ2) is 14.7. The van der Waals surface area contributed by atoms with Crippen LogP contribution in [0.1, 0.15) is 77.8 Å². The molecule has 3 heterocycles. The molecule has 2 aromatic carbocycles. The summed E-state index contributed by atoms with van der Waals surface area (Å²) in [6, 6.07) is 11.6. The second-order valence-electron chi connectivity index (χ2n) is 15.4. The number of carbonyl (C=O) groups is 2. The monoisotopic (exact) mass is 761 g/mol. The Balaban J connectivity index is 1.32. The number of aryl methyl sites for hydroxylation is 2. The summed E-state index contributed by atoms with van der Waals surface area (Å²) in [6.07, 6.45) is 11.3. The lowest BCUT2D eigenvalue weighted by molar-refractivity contribution is -0.0621. The number of nitrogens with zero attached hydrogens (tertiary/aromatic N) is 5. The number of amides is 2. The maximum atomic E-state index is 14.6. The standard InChI is InChI=1S/C40H48ClN5O6S/c1-26-8-6-16-39(2,51-5)32-13-10-29(32)20-46-23-40(17-7-9-27-18-30(41)12-14-33(27)40)24-52-35-15-11-28(19-34(35)46)36(47)44-53(49,22-26)25-42-37(48)31-21-45(3)43-38(31)50-4/h6,11-12,14-16,18-19,21,25-26,29,32H,7-10,13,17,20,22-24H2,1-5H3/b16-6+,42-25?/t26-,29-,32+,39-,40-,53?/m0/s1. The molecule has 4 aliphatic rings. The van der Waals surface area contributed by atoms with Crippen LogP contribution >= 0.6 is 11.6 Å². The van der Waals surface area contributed by atoms with Crippen molar-refractivity contribution in [2.45, 2.75) is 63.4 Å². The molecule has 282 valence electrons. The summed E-state index contributed by atoms with van der Waals surface area (Å²) in [5, 5.41) is 4.85. The normalized spacial score (nSPS) is 30.7.